The number of halogens is 3. The van der Waals surface area contributed by atoms with Crippen LogP contribution in [0.2, 0.25) is 5.02 Å². The molecule has 2 aromatic rings. The first-order chi connectivity index (χ1) is 8.73. The van der Waals surface area contributed by atoms with Crippen LogP contribution in [-0.2, 0) is 5.41 Å². The lowest BCUT2D eigenvalue weighted by molar-refractivity contribution is 0.552. The van der Waals surface area contributed by atoms with Gasteiger partial charge in [0.1, 0.15) is 16.0 Å². The molecule has 0 bridgehead atoms. The van der Waals surface area contributed by atoms with Gasteiger partial charge >= 0.3 is 0 Å². The first-order valence-corrected chi connectivity index (χ1v) is 6.86. The smallest absolute Gasteiger partial charge is 0.285 e. The molecule has 0 atom stereocenters. The molecule has 102 valence electrons. The van der Waals surface area contributed by atoms with Crippen LogP contribution in [0.15, 0.2) is 27.5 Å². The number of benzene rings is 1. The van der Waals surface area contributed by atoms with Gasteiger partial charge in [0, 0.05) is 5.41 Å². The molecule has 0 unspecified atom stereocenters. The van der Waals surface area contributed by atoms with Gasteiger partial charge in [0.15, 0.2) is 0 Å². The van der Waals surface area contributed by atoms with Crippen LogP contribution in [-0.4, -0.2) is 9.78 Å². The number of rotatable bonds is 1. The van der Waals surface area contributed by atoms with Crippen molar-refractivity contribution in [2.75, 3.05) is 0 Å². The lowest BCUT2D eigenvalue weighted by Gasteiger charge is -2.16. The minimum Gasteiger partial charge on any atom is -0.293 e. The molecule has 0 saturated heterocycles. The van der Waals surface area contributed by atoms with E-state index in [1.54, 1.807) is 0 Å². The van der Waals surface area contributed by atoms with Crippen LogP contribution in [0.1, 0.15) is 26.5 Å². The van der Waals surface area contributed by atoms with Gasteiger partial charge in [-0.2, -0.15) is 0 Å². The van der Waals surface area contributed by atoms with E-state index in [-0.39, 0.29) is 21.7 Å². The molecule has 6 heteroatoms. The highest BCUT2D eigenvalue weighted by molar-refractivity contribution is 9.10. The second-order valence-corrected chi connectivity index (χ2v) is 6.46. The van der Waals surface area contributed by atoms with Gasteiger partial charge in [0.2, 0.25) is 0 Å². The van der Waals surface area contributed by atoms with Crippen molar-refractivity contribution >= 4 is 27.5 Å². The van der Waals surface area contributed by atoms with Crippen molar-refractivity contribution in [3.63, 3.8) is 0 Å². The van der Waals surface area contributed by atoms with E-state index in [4.69, 9.17) is 11.6 Å². The van der Waals surface area contributed by atoms with E-state index in [2.05, 4.69) is 21.0 Å². The zero-order valence-electron chi connectivity index (χ0n) is 10.7. The molecular weight excluding hydrogens is 335 g/mol. The first-order valence-electron chi connectivity index (χ1n) is 5.69. The zero-order valence-corrected chi connectivity index (χ0v) is 13.1. The number of aromatic nitrogens is 2. The fourth-order valence-electron chi connectivity index (χ4n) is 1.77. The quantitative estimate of drug-likeness (QED) is 0.831. The maximum Gasteiger partial charge on any atom is 0.285 e. The SMILES string of the molecule is CC(C)(C)c1[nH]n(-c2c(F)cccc2Cl)c(=O)c1Br. The van der Waals surface area contributed by atoms with Crippen molar-refractivity contribution < 1.29 is 4.39 Å². The van der Waals surface area contributed by atoms with Crippen LogP contribution < -0.4 is 5.56 Å². The van der Waals surface area contributed by atoms with Gasteiger partial charge in [-0.05, 0) is 28.1 Å². The number of hydrogen-bond acceptors (Lipinski definition) is 1. The van der Waals surface area contributed by atoms with E-state index in [0.29, 0.717) is 10.2 Å². The summed E-state index contributed by atoms with van der Waals surface area (Å²) in [5.74, 6) is -0.552. The van der Waals surface area contributed by atoms with E-state index in [9.17, 15) is 9.18 Å². The predicted octanol–water partition coefficient (Wildman–Crippen LogP) is 4.02. The Morgan fingerprint density at radius 2 is 2.00 bits per heavy atom. The minimum absolute atomic E-state index is 0.0327. The van der Waals surface area contributed by atoms with E-state index < -0.39 is 5.82 Å². The monoisotopic (exact) mass is 346 g/mol. The van der Waals surface area contributed by atoms with Gasteiger partial charge in [0.05, 0.1) is 10.7 Å². The minimum atomic E-state index is -0.552. The first kappa shape index (κ1) is 14.3. The third-order valence-electron chi connectivity index (χ3n) is 2.75. The van der Waals surface area contributed by atoms with Crippen molar-refractivity contribution in [3.05, 3.63) is 49.6 Å². The van der Waals surface area contributed by atoms with Gasteiger partial charge in [-0.1, -0.05) is 38.4 Å². The molecule has 0 spiro atoms. The van der Waals surface area contributed by atoms with E-state index in [0.717, 1.165) is 4.68 Å². The Kier molecular flexibility index (Phi) is 3.62. The topological polar surface area (TPSA) is 37.8 Å². The summed E-state index contributed by atoms with van der Waals surface area (Å²) in [6.45, 7) is 5.86. The molecule has 0 fully saturated rings. The summed E-state index contributed by atoms with van der Waals surface area (Å²) in [6.07, 6.45) is 0. The van der Waals surface area contributed by atoms with Crippen LogP contribution in [0.5, 0.6) is 0 Å². The van der Waals surface area contributed by atoms with Crippen molar-refractivity contribution in [2.24, 2.45) is 0 Å². The normalized spacial score (nSPS) is 11.9. The van der Waals surface area contributed by atoms with Crippen LogP contribution in [0.4, 0.5) is 4.39 Å². The largest absolute Gasteiger partial charge is 0.293 e. The fourth-order valence-corrected chi connectivity index (χ4v) is 2.88. The van der Waals surface area contributed by atoms with Gasteiger partial charge in [-0.25, -0.2) is 9.07 Å². The maximum atomic E-state index is 13.9. The molecule has 0 aliphatic heterocycles. The maximum absolute atomic E-state index is 13.9. The van der Waals surface area contributed by atoms with E-state index in [1.165, 1.54) is 18.2 Å². The lowest BCUT2D eigenvalue weighted by atomic mass is 9.93. The molecule has 0 aliphatic carbocycles. The van der Waals surface area contributed by atoms with Crippen LogP contribution in [0, 0.1) is 5.82 Å². The molecule has 0 saturated carbocycles. The Hall–Kier alpha value is -1.07. The summed E-state index contributed by atoms with van der Waals surface area (Å²) in [6, 6.07) is 4.30. The highest BCUT2D eigenvalue weighted by Crippen LogP contribution is 2.28. The van der Waals surface area contributed by atoms with Crippen molar-refractivity contribution in [1.82, 2.24) is 9.78 Å². The van der Waals surface area contributed by atoms with Gasteiger partial charge in [0.25, 0.3) is 5.56 Å². The molecule has 3 nitrogen and oxygen atoms in total. The highest BCUT2D eigenvalue weighted by Gasteiger charge is 2.25. The molecular formula is C13H13BrClFN2O. The Labute approximate surface area is 123 Å². The lowest BCUT2D eigenvalue weighted by Crippen LogP contribution is -2.16. The fraction of sp³-hybridized carbons (Fsp3) is 0.308. The van der Waals surface area contributed by atoms with Crippen molar-refractivity contribution in [3.8, 4) is 5.69 Å². The van der Waals surface area contributed by atoms with Crippen molar-refractivity contribution in [2.45, 2.75) is 26.2 Å². The predicted molar refractivity (Wildman–Crippen MR) is 77.8 cm³/mol. The molecule has 0 aliphatic rings. The average Bonchev–Trinajstić information content (AvgIpc) is 2.57. The van der Waals surface area contributed by atoms with Gasteiger partial charge in [-0.15, -0.1) is 0 Å². The summed E-state index contributed by atoms with van der Waals surface area (Å²) >= 11 is 9.23. The number of nitrogens with zero attached hydrogens (tertiary/aromatic N) is 1. The summed E-state index contributed by atoms with van der Waals surface area (Å²) in [5.41, 5.74) is 0.0835. The van der Waals surface area contributed by atoms with Gasteiger partial charge < -0.3 is 0 Å². The molecule has 19 heavy (non-hydrogen) atoms. The van der Waals surface area contributed by atoms with Crippen LogP contribution >= 0.6 is 27.5 Å². The van der Waals surface area contributed by atoms with Crippen LogP contribution in [0.25, 0.3) is 5.69 Å². The molecule has 1 aromatic heterocycles. The molecule has 1 N–H and O–H groups in total. The number of nitrogens with one attached hydrogen (secondary N) is 1. The van der Waals surface area contributed by atoms with E-state index >= 15 is 0 Å². The Morgan fingerprint density at radius 1 is 1.37 bits per heavy atom. The number of H-pyrrole nitrogens is 1. The third kappa shape index (κ3) is 2.49. The third-order valence-corrected chi connectivity index (χ3v) is 3.79. The second kappa shape index (κ2) is 4.80. The Balaban J connectivity index is 2.76. The van der Waals surface area contributed by atoms with E-state index in [1.807, 2.05) is 20.8 Å². The molecule has 2 rings (SSSR count). The number of para-hydroxylation sites is 1. The Morgan fingerprint density at radius 3 is 2.47 bits per heavy atom. The highest BCUT2D eigenvalue weighted by atomic mass is 79.9. The molecule has 1 aromatic carbocycles. The van der Waals surface area contributed by atoms with Crippen LogP contribution in [0.3, 0.4) is 0 Å². The summed E-state index contributed by atoms with van der Waals surface area (Å²) in [5, 5.41) is 3.10. The average molecular weight is 348 g/mol. The summed E-state index contributed by atoms with van der Waals surface area (Å²) in [7, 11) is 0. The zero-order chi connectivity index (χ0) is 14.4. The Bertz CT molecular complexity index is 665. The molecule has 0 amide bonds. The van der Waals surface area contributed by atoms with Gasteiger partial charge in [-0.3, -0.25) is 9.89 Å². The standard InChI is InChI=1S/C13H13BrClFN2O/c1-13(2,3)11-9(14)12(19)18(17-11)10-7(15)5-4-6-8(10)16/h4-6,17H,1-3H3. The summed E-state index contributed by atoms with van der Waals surface area (Å²) < 4.78 is 15.4. The van der Waals surface area contributed by atoms with Crippen molar-refractivity contribution in [1.29, 1.82) is 0 Å². The number of hydrogen-bond donors (Lipinski definition) is 1. The summed E-state index contributed by atoms with van der Waals surface area (Å²) in [4.78, 5) is 12.2. The molecule has 0 radical (unpaired) electrons. The second-order valence-electron chi connectivity index (χ2n) is 5.26. The molecule has 1 heterocycles. The number of aromatic amines is 1.